The minimum Gasteiger partial charge on any atom is -0.495 e. The van der Waals surface area contributed by atoms with Gasteiger partial charge < -0.3 is 4.74 Å². The molecule has 0 amide bonds. The molecule has 0 saturated heterocycles. The van der Waals surface area contributed by atoms with Crippen LogP contribution in [0.1, 0.15) is 16.7 Å². The molecule has 1 aromatic rings. The van der Waals surface area contributed by atoms with Crippen LogP contribution in [0.5, 0.6) is 5.75 Å². The lowest BCUT2D eigenvalue weighted by atomic mass is 10.1. The van der Waals surface area contributed by atoms with Crippen molar-refractivity contribution in [1.82, 2.24) is 0 Å². The van der Waals surface area contributed by atoms with Crippen LogP contribution in [0, 0.1) is 13.8 Å². The minimum atomic E-state index is 0.296. The van der Waals surface area contributed by atoms with Gasteiger partial charge in [0.1, 0.15) is 5.75 Å². The Hall–Kier alpha value is -0.770. The van der Waals surface area contributed by atoms with E-state index in [0.29, 0.717) is 17.4 Å². The quantitative estimate of drug-likeness (QED) is 0.788. The van der Waals surface area contributed by atoms with Gasteiger partial charge in [-0.1, -0.05) is 11.6 Å². The maximum absolute atomic E-state index is 6.12. The lowest BCUT2D eigenvalue weighted by Crippen LogP contribution is -2.03. The molecular formula is C10H14ClNO2. The lowest BCUT2D eigenvalue weighted by molar-refractivity contribution is 0.122. The molecule has 0 spiro atoms. The number of benzene rings is 1. The first-order chi connectivity index (χ1) is 6.61. The van der Waals surface area contributed by atoms with E-state index < -0.39 is 0 Å². The van der Waals surface area contributed by atoms with Gasteiger partial charge in [0.05, 0.1) is 18.7 Å². The van der Waals surface area contributed by atoms with Gasteiger partial charge >= 0.3 is 0 Å². The van der Waals surface area contributed by atoms with E-state index in [-0.39, 0.29) is 0 Å². The van der Waals surface area contributed by atoms with Crippen LogP contribution in [0.15, 0.2) is 6.07 Å². The summed E-state index contributed by atoms with van der Waals surface area (Å²) in [7, 11) is 1.58. The molecular weight excluding hydrogens is 202 g/mol. The fourth-order valence-electron chi connectivity index (χ4n) is 1.34. The molecule has 0 saturated carbocycles. The molecule has 1 rings (SSSR count). The Balaban J connectivity index is 3.28. The number of aryl methyl sites for hydroxylation is 1. The molecule has 2 N–H and O–H groups in total. The molecule has 0 radical (unpaired) electrons. The van der Waals surface area contributed by atoms with Crippen molar-refractivity contribution in [2.75, 3.05) is 7.11 Å². The summed E-state index contributed by atoms with van der Waals surface area (Å²) in [6.45, 7) is 4.23. The van der Waals surface area contributed by atoms with E-state index in [9.17, 15) is 0 Å². The Morgan fingerprint density at radius 2 is 2.07 bits per heavy atom. The maximum Gasteiger partial charge on any atom is 0.143 e. The maximum atomic E-state index is 6.12. The molecule has 0 fully saturated rings. The van der Waals surface area contributed by atoms with Crippen molar-refractivity contribution in [1.29, 1.82) is 0 Å². The van der Waals surface area contributed by atoms with Crippen molar-refractivity contribution in [3.05, 3.63) is 27.8 Å². The first-order valence-corrected chi connectivity index (χ1v) is 4.63. The van der Waals surface area contributed by atoms with E-state index >= 15 is 0 Å². The Morgan fingerprint density at radius 3 is 2.57 bits per heavy atom. The summed E-state index contributed by atoms with van der Waals surface area (Å²) in [4.78, 5) is 4.58. The van der Waals surface area contributed by atoms with Crippen LogP contribution in [-0.2, 0) is 11.4 Å². The zero-order valence-electron chi connectivity index (χ0n) is 8.56. The molecule has 0 aliphatic rings. The van der Waals surface area contributed by atoms with E-state index in [1.165, 1.54) is 0 Å². The van der Waals surface area contributed by atoms with Crippen LogP contribution >= 0.6 is 11.6 Å². The number of rotatable bonds is 3. The second kappa shape index (κ2) is 4.64. The van der Waals surface area contributed by atoms with Crippen LogP contribution in [0.4, 0.5) is 0 Å². The van der Waals surface area contributed by atoms with Crippen molar-refractivity contribution >= 4 is 11.6 Å². The van der Waals surface area contributed by atoms with Gasteiger partial charge in [-0.25, -0.2) is 5.90 Å². The Morgan fingerprint density at radius 1 is 1.43 bits per heavy atom. The molecule has 3 nitrogen and oxygen atoms in total. The number of hydrogen-bond acceptors (Lipinski definition) is 3. The van der Waals surface area contributed by atoms with Crippen LogP contribution in [0.3, 0.4) is 0 Å². The monoisotopic (exact) mass is 215 g/mol. The molecule has 0 aromatic heterocycles. The molecule has 0 bridgehead atoms. The van der Waals surface area contributed by atoms with Gasteiger partial charge in [0.2, 0.25) is 0 Å². The number of methoxy groups -OCH3 is 1. The number of ether oxygens (including phenoxy) is 1. The standard InChI is InChI=1S/C10H14ClNO2/c1-6-4-8(5-14-12)10(13-3)9(11)7(6)2/h4H,5,12H2,1-3H3. The third-order valence-corrected chi connectivity index (χ3v) is 2.70. The van der Waals surface area contributed by atoms with Crippen molar-refractivity contribution in [2.45, 2.75) is 20.5 Å². The molecule has 14 heavy (non-hydrogen) atoms. The number of nitrogens with two attached hydrogens (primary N) is 1. The average Bonchev–Trinajstić information content (AvgIpc) is 2.16. The highest BCUT2D eigenvalue weighted by Crippen LogP contribution is 2.34. The normalized spacial score (nSPS) is 10.4. The summed E-state index contributed by atoms with van der Waals surface area (Å²) < 4.78 is 5.20. The van der Waals surface area contributed by atoms with Crippen LogP contribution in [-0.4, -0.2) is 7.11 Å². The summed E-state index contributed by atoms with van der Waals surface area (Å²) >= 11 is 6.12. The van der Waals surface area contributed by atoms with Crippen molar-refractivity contribution < 1.29 is 9.57 Å². The predicted molar refractivity (Wildman–Crippen MR) is 56.5 cm³/mol. The molecule has 0 heterocycles. The van der Waals surface area contributed by atoms with Crippen LogP contribution in [0.2, 0.25) is 5.02 Å². The minimum absolute atomic E-state index is 0.296. The summed E-state index contributed by atoms with van der Waals surface area (Å²) in [5.41, 5.74) is 2.98. The SMILES string of the molecule is COc1c(CON)cc(C)c(C)c1Cl. The zero-order valence-corrected chi connectivity index (χ0v) is 9.31. The molecule has 78 valence electrons. The van der Waals surface area contributed by atoms with Crippen molar-refractivity contribution in [3.63, 3.8) is 0 Å². The third kappa shape index (κ3) is 2.00. The molecule has 0 aliphatic carbocycles. The highest BCUT2D eigenvalue weighted by atomic mass is 35.5. The number of halogens is 1. The Labute approximate surface area is 88.7 Å². The third-order valence-electron chi connectivity index (χ3n) is 2.25. The lowest BCUT2D eigenvalue weighted by Gasteiger charge is -2.13. The largest absolute Gasteiger partial charge is 0.495 e. The van der Waals surface area contributed by atoms with Crippen LogP contribution in [0.25, 0.3) is 0 Å². The van der Waals surface area contributed by atoms with E-state index in [1.807, 2.05) is 19.9 Å². The number of hydrogen-bond donors (Lipinski definition) is 1. The second-order valence-corrected chi connectivity index (χ2v) is 3.51. The molecule has 4 heteroatoms. The molecule has 0 atom stereocenters. The summed E-state index contributed by atoms with van der Waals surface area (Å²) in [5.74, 6) is 5.66. The first kappa shape index (κ1) is 11.3. The summed E-state index contributed by atoms with van der Waals surface area (Å²) in [5, 5.41) is 0.625. The van der Waals surface area contributed by atoms with Crippen LogP contribution < -0.4 is 10.6 Å². The van der Waals surface area contributed by atoms with Gasteiger partial charge in [-0.05, 0) is 31.0 Å². The van der Waals surface area contributed by atoms with Gasteiger partial charge in [-0.3, -0.25) is 4.84 Å². The fraction of sp³-hybridized carbons (Fsp3) is 0.400. The van der Waals surface area contributed by atoms with Crippen molar-refractivity contribution in [2.24, 2.45) is 5.90 Å². The average molecular weight is 216 g/mol. The smallest absolute Gasteiger partial charge is 0.143 e. The summed E-state index contributed by atoms with van der Waals surface area (Å²) in [6.07, 6.45) is 0. The second-order valence-electron chi connectivity index (χ2n) is 3.14. The predicted octanol–water partition coefficient (Wildman–Crippen LogP) is 2.36. The van der Waals surface area contributed by atoms with E-state index in [1.54, 1.807) is 7.11 Å². The van der Waals surface area contributed by atoms with Gasteiger partial charge in [0.25, 0.3) is 0 Å². The van der Waals surface area contributed by atoms with Gasteiger partial charge in [0, 0.05) is 5.56 Å². The topological polar surface area (TPSA) is 44.5 Å². The highest BCUT2D eigenvalue weighted by molar-refractivity contribution is 6.33. The molecule has 0 aliphatic heterocycles. The van der Waals surface area contributed by atoms with Gasteiger partial charge in [-0.2, -0.15) is 0 Å². The van der Waals surface area contributed by atoms with E-state index in [0.717, 1.165) is 16.7 Å². The Kier molecular flexibility index (Phi) is 3.75. The summed E-state index contributed by atoms with van der Waals surface area (Å²) in [6, 6.07) is 1.97. The fourth-order valence-corrected chi connectivity index (χ4v) is 1.68. The Bertz CT molecular complexity index is 339. The molecule has 1 aromatic carbocycles. The first-order valence-electron chi connectivity index (χ1n) is 4.26. The van der Waals surface area contributed by atoms with E-state index in [2.05, 4.69) is 4.84 Å². The zero-order chi connectivity index (χ0) is 10.7. The van der Waals surface area contributed by atoms with Gasteiger partial charge in [0.15, 0.2) is 0 Å². The van der Waals surface area contributed by atoms with Crippen molar-refractivity contribution in [3.8, 4) is 5.75 Å². The molecule has 0 unspecified atom stereocenters. The van der Waals surface area contributed by atoms with E-state index in [4.69, 9.17) is 22.2 Å². The highest BCUT2D eigenvalue weighted by Gasteiger charge is 2.12. The van der Waals surface area contributed by atoms with Gasteiger partial charge in [-0.15, -0.1) is 0 Å².